The molecule has 4 rings (SSSR count). The third kappa shape index (κ3) is 3.88. The van der Waals surface area contributed by atoms with E-state index in [1.165, 1.54) is 17.0 Å². The fourth-order valence-electron chi connectivity index (χ4n) is 2.71. The molecule has 2 aromatic carbocycles. The summed E-state index contributed by atoms with van der Waals surface area (Å²) >= 11 is 0. The van der Waals surface area contributed by atoms with Crippen LogP contribution in [0.2, 0.25) is 0 Å². The van der Waals surface area contributed by atoms with Gasteiger partial charge in [-0.2, -0.15) is 4.98 Å². The molecule has 0 radical (unpaired) electrons. The lowest BCUT2D eigenvalue weighted by Gasteiger charge is -2.06. The minimum atomic E-state index is -0.662. The average Bonchev–Trinajstić information content (AvgIpc) is 3.20. The molecule has 0 unspecified atom stereocenters. The number of benzene rings is 2. The van der Waals surface area contributed by atoms with Crippen LogP contribution in [0, 0.1) is 12.7 Å². The molecule has 0 atom stereocenters. The third-order valence-corrected chi connectivity index (χ3v) is 4.29. The van der Waals surface area contributed by atoms with E-state index >= 15 is 0 Å². The molecule has 0 spiro atoms. The van der Waals surface area contributed by atoms with Crippen LogP contribution in [0.5, 0.6) is 0 Å². The quantitative estimate of drug-likeness (QED) is 0.480. The smallest absolute Gasteiger partial charge is 0.326 e. The summed E-state index contributed by atoms with van der Waals surface area (Å²) < 4.78 is 25.0. The molecule has 0 bridgehead atoms. The highest BCUT2D eigenvalue weighted by atomic mass is 19.1. The van der Waals surface area contributed by atoms with Crippen LogP contribution in [0.15, 0.2) is 58.1 Å². The van der Waals surface area contributed by atoms with Gasteiger partial charge in [-0.1, -0.05) is 29.4 Å². The van der Waals surface area contributed by atoms with Crippen molar-refractivity contribution >= 4 is 16.9 Å². The highest BCUT2D eigenvalue weighted by Gasteiger charge is 2.14. The molecule has 0 fully saturated rings. The van der Waals surface area contributed by atoms with E-state index in [-0.39, 0.29) is 36.2 Å². The fourth-order valence-corrected chi connectivity index (χ4v) is 2.71. The van der Waals surface area contributed by atoms with Gasteiger partial charge in [0.05, 0.1) is 17.2 Å². The van der Waals surface area contributed by atoms with Crippen LogP contribution in [-0.2, 0) is 22.7 Å². The van der Waals surface area contributed by atoms with Crippen LogP contribution in [0.1, 0.15) is 11.5 Å². The van der Waals surface area contributed by atoms with E-state index in [0.717, 1.165) is 0 Å². The predicted octanol–water partition coefficient (Wildman–Crippen LogP) is 2.64. The first-order valence-electron chi connectivity index (χ1n) is 8.70. The van der Waals surface area contributed by atoms with Gasteiger partial charge in [-0.05, 0) is 30.7 Å². The molecule has 0 N–H and O–H groups in total. The Morgan fingerprint density at radius 3 is 2.90 bits per heavy atom. The van der Waals surface area contributed by atoms with E-state index in [1.54, 1.807) is 43.3 Å². The van der Waals surface area contributed by atoms with Gasteiger partial charge >= 0.3 is 5.97 Å². The van der Waals surface area contributed by atoms with Crippen LogP contribution < -0.4 is 5.56 Å². The first-order valence-corrected chi connectivity index (χ1v) is 8.70. The minimum Gasteiger partial charge on any atom is -0.454 e. The summed E-state index contributed by atoms with van der Waals surface area (Å²) in [6.45, 7) is 1.08. The van der Waals surface area contributed by atoms with Gasteiger partial charge in [0.15, 0.2) is 6.61 Å². The first kappa shape index (κ1) is 18.5. The van der Waals surface area contributed by atoms with Crippen LogP contribution >= 0.6 is 0 Å². The summed E-state index contributed by atoms with van der Waals surface area (Å²) in [5.41, 5.74) is 1.16. The minimum absolute atomic E-state index is 0.0540. The number of nitrogens with zero attached hydrogens (tertiary/aromatic N) is 4. The molecule has 2 heterocycles. The monoisotopic (exact) mass is 394 g/mol. The van der Waals surface area contributed by atoms with Gasteiger partial charge in [-0.15, -0.1) is 0 Å². The van der Waals surface area contributed by atoms with Crippen LogP contribution in [0.25, 0.3) is 22.3 Å². The van der Waals surface area contributed by atoms with E-state index in [1.807, 2.05) is 0 Å². The molecular formula is C20H15FN4O4. The van der Waals surface area contributed by atoms with Crippen LogP contribution in [-0.4, -0.2) is 25.7 Å². The van der Waals surface area contributed by atoms with E-state index in [9.17, 15) is 14.0 Å². The van der Waals surface area contributed by atoms with Gasteiger partial charge in [-0.25, -0.2) is 9.37 Å². The van der Waals surface area contributed by atoms with Crippen molar-refractivity contribution in [1.29, 1.82) is 0 Å². The van der Waals surface area contributed by atoms with E-state index in [2.05, 4.69) is 15.1 Å². The number of hydrogen-bond donors (Lipinski definition) is 0. The van der Waals surface area contributed by atoms with Crippen LogP contribution in [0.4, 0.5) is 4.39 Å². The lowest BCUT2D eigenvalue weighted by molar-refractivity contribution is -0.146. The molecular weight excluding hydrogens is 379 g/mol. The molecule has 2 aromatic heterocycles. The summed E-state index contributed by atoms with van der Waals surface area (Å²) in [5, 5.41) is 4.17. The van der Waals surface area contributed by atoms with Crippen molar-refractivity contribution in [2.45, 2.75) is 20.1 Å². The predicted molar refractivity (Wildman–Crippen MR) is 100 cm³/mol. The summed E-state index contributed by atoms with van der Waals surface area (Å²) in [7, 11) is 0. The van der Waals surface area contributed by atoms with E-state index in [0.29, 0.717) is 22.0 Å². The van der Waals surface area contributed by atoms with Gasteiger partial charge in [0.25, 0.3) is 11.4 Å². The molecule has 0 amide bonds. The van der Waals surface area contributed by atoms with Gasteiger partial charge in [-0.3, -0.25) is 14.2 Å². The molecule has 8 nitrogen and oxygen atoms in total. The number of para-hydroxylation sites is 1. The molecule has 29 heavy (non-hydrogen) atoms. The molecule has 4 aromatic rings. The average molecular weight is 394 g/mol. The number of carbonyl (C=O) groups is 1. The lowest BCUT2D eigenvalue weighted by Crippen LogP contribution is -2.25. The molecule has 9 heteroatoms. The number of carbonyl (C=O) groups excluding carboxylic acids is 1. The number of ether oxygens (including phenoxy) is 1. The SMILES string of the molecule is Cc1ccc(-c2noc(COC(=O)Cn3cnc4ccccc4c3=O)n2)cc1F. The molecule has 0 aliphatic carbocycles. The molecule has 0 aliphatic heterocycles. The molecule has 0 aliphatic rings. The standard InChI is InChI=1S/C20H15FN4O4/c1-12-6-7-13(8-15(12)21)19-23-17(29-24-19)10-28-18(26)9-25-11-22-16-5-3-2-4-14(16)20(25)27/h2-8,11H,9-10H2,1H3. The number of halogens is 1. The van der Waals surface area contributed by atoms with Crippen molar-refractivity contribution in [2.24, 2.45) is 0 Å². The zero-order chi connectivity index (χ0) is 20.4. The van der Waals surface area contributed by atoms with Crippen molar-refractivity contribution in [3.8, 4) is 11.4 Å². The maximum atomic E-state index is 13.7. The Kier molecular flexibility index (Phi) is 4.86. The maximum absolute atomic E-state index is 13.7. The van der Waals surface area contributed by atoms with Crippen molar-refractivity contribution < 1.29 is 18.4 Å². The number of aromatic nitrogens is 4. The summed E-state index contributed by atoms with van der Waals surface area (Å²) in [6, 6.07) is 11.4. The maximum Gasteiger partial charge on any atom is 0.326 e. The van der Waals surface area contributed by atoms with Crippen molar-refractivity contribution in [3.05, 3.63) is 76.4 Å². The zero-order valence-corrected chi connectivity index (χ0v) is 15.3. The Morgan fingerprint density at radius 2 is 2.07 bits per heavy atom. The Balaban J connectivity index is 1.41. The number of esters is 1. The Bertz CT molecular complexity index is 1260. The van der Waals surface area contributed by atoms with Crippen molar-refractivity contribution in [3.63, 3.8) is 0 Å². The Labute approximate surface area is 163 Å². The lowest BCUT2D eigenvalue weighted by atomic mass is 10.1. The number of rotatable bonds is 5. The second-order valence-electron chi connectivity index (χ2n) is 6.33. The molecule has 146 valence electrons. The first-order chi connectivity index (χ1) is 14.0. The third-order valence-electron chi connectivity index (χ3n) is 4.29. The summed E-state index contributed by atoms with van der Waals surface area (Å²) in [5.74, 6) is -0.803. The van der Waals surface area contributed by atoms with E-state index in [4.69, 9.17) is 9.26 Å². The van der Waals surface area contributed by atoms with Gasteiger partial charge in [0.2, 0.25) is 5.82 Å². The molecule has 0 saturated carbocycles. The summed E-state index contributed by atoms with van der Waals surface area (Å²) in [4.78, 5) is 32.7. The second kappa shape index (κ2) is 7.63. The Morgan fingerprint density at radius 1 is 1.24 bits per heavy atom. The van der Waals surface area contributed by atoms with Gasteiger partial charge in [0, 0.05) is 5.56 Å². The highest BCUT2D eigenvalue weighted by molar-refractivity contribution is 5.77. The van der Waals surface area contributed by atoms with Crippen LogP contribution in [0.3, 0.4) is 0 Å². The normalized spacial score (nSPS) is 11.0. The highest BCUT2D eigenvalue weighted by Crippen LogP contribution is 2.19. The number of hydrogen-bond acceptors (Lipinski definition) is 7. The second-order valence-corrected chi connectivity index (χ2v) is 6.33. The molecule has 0 saturated heterocycles. The van der Waals surface area contributed by atoms with Crippen molar-refractivity contribution in [1.82, 2.24) is 19.7 Å². The van der Waals surface area contributed by atoms with Gasteiger partial charge in [0.1, 0.15) is 12.4 Å². The zero-order valence-electron chi connectivity index (χ0n) is 15.3. The fraction of sp³-hybridized carbons (Fsp3) is 0.150. The number of aryl methyl sites for hydroxylation is 1. The van der Waals surface area contributed by atoms with Gasteiger partial charge < -0.3 is 9.26 Å². The largest absolute Gasteiger partial charge is 0.454 e. The number of fused-ring (bicyclic) bond motifs is 1. The van der Waals surface area contributed by atoms with E-state index < -0.39 is 5.97 Å². The Hall–Kier alpha value is -3.88. The summed E-state index contributed by atoms with van der Waals surface area (Å²) in [6.07, 6.45) is 1.29. The topological polar surface area (TPSA) is 100 Å². The van der Waals surface area contributed by atoms with Crippen molar-refractivity contribution in [2.75, 3.05) is 0 Å².